The van der Waals surface area contributed by atoms with Gasteiger partial charge in [0.25, 0.3) is 0 Å². The molecule has 0 saturated heterocycles. The van der Waals surface area contributed by atoms with Crippen molar-refractivity contribution in [1.29, 1.82) is 0 Å². The maximum Gasteiger partial charge on any atom is 0.133 e. The van der Waals surface area contributed by atoms with Crippen molar-refractivity contribution < 1.29 is 4.74 Å². The largest absolute Gasteiger partial charge is 0.371 e. The Bertz CT molecular complexity index is 309. The highest BCUT2D eigenvalue weighted by atomic mass is 28.3. The minimum Gasteiger partial charge on any atom is -0.371 e. The van der Waals surface area contributed by atoms with Gasteiger partial charge in [-0.1, -0.05) is 47.6 Å². The molecule has 0 radical (unpaired) electrons. The van der Waals surface area contributed by atoms with Crippen molar-refractivity contribution in [2.75, 3.05) is 0 Å². The van der Waals surface area contributed by atoms with E-state index in [1.165, 1.54) is 0 Å². The molecule has 0 rings (SSSR count). The standard InChI is InChI=1S/C19H41NOSi/c1-12-13-18(17(8)21-19(9,10)11)20-22(14(2)3,15(4)5)16(6)7/h12,14-18,20H,1,13H2,2-11H3/t17-,18-/m0/s1. The molecule has 132 valence electrons. The van der Waals surface area contributed by atoms with Crippen LogP contribution in [0.15, 0.2) is 12.7 Å². The van der Waals surface area contributed by atoms with Crippen LogP contribution in [0.4, 0.5) is 0 Å². The zero-order valence-electron chi connectivity index (χ0n) is 16.8. The molecule has 0 fully saturated rings. The SMILES string of the molecule is C=CC[C@H](N[Si](C(C)C)(C(C)C)C(C)C)[C@H](C)OC(C)(C)C. The number of rotatable bonds is 9. The molecular weight excluding hydrogens is 286 g/mol. The summed E-state index contributed by atoms with van der Waals surface area (Å²) in [4.78, 5) is 4.13. The smallest absolute Gasteiger partial charge is 0.133 e. The Balaban J connectivity index is 5.44. The fourth-order valence-electron chi connectivity index (χ4n) is 4.01. The monoisotopic (exact) mass is 327 g/mol. The van der Waals surface area contributed by atoms with Gasteiger partial charge in [0, 0.05) is 6.04 Å². The Morgan fingerprint density at radius 3 is 1.64 bits per heavy atom. The highest BCUT2D eigenvalue weighted by Gasteiger charge is 2.45. The lowest BCUT2D eigenvalue weighted by molar-refractivity contribution is -0.0635. The van der Waals surface area contributed by atoms with E-state index in [1.54, 1.807) is 0 Å². The summed E-state index contributed by atoms with van der Waals surface area (Å²) in [5.74, 6) is 0. The van der Waals surface area contributed by atoms with Crippen molar-refractivity contribution in [2.45, 2.75) is 110 Å². The number of ether oxygens (including phenoxy) is 1. The van der Waals surface area contributed by atoms with E-state index in [9.17, 15) is 0 Å². The number of hydrogen-bond donors (Lipinski definition) is 1. The van der Waals surface area contributed by atoms with Crippen molar-refractivity contribution in [3.05, 3.63) is 12.7 Å². The minimum atomic E-state index is -1.64. The van der Waals surface area contributed by atoms with E-state index in [0.717, 1.165) is 6.42 Å². The van der Waals surface area contributed by atoms with Crippen LogP contribution in [0.2, 0.25) is 16.6 Å². The normalized spacial score (nSPS) is 16.4. The van der Waals surface area contributed by atoms with Crippen LogP contribution in [-0.4, -0.2) is 26.0 Å². The predicted octanol–water partition coefficient (Wildman–Crippen LogP) is 5.90. The molecule has 2 atom stereocenters. The summed E-state index contributed by atoms with van der Waals surface area (Å²) >= 11 is 0. The molecule has 0 aliphatic carbocycles. The number of hydrogen-bond acceptors (Lipinski definition) is 2. The lowest BCUT2D eigenvalue weighted by Crippen LogP contribution is -2.63. The van der Waals surface area contributed by atoms with Crippen LogP contribution in [0, 0.1) is 0 Å². The van der Waals surface area contributed by atoms with Gasteiger partial charge >= 0.3 is 0 Å². The molecule has 0 amide bonds. The first-order valence-corrected chi connectivity index (χ1v) is 11.2. The third-order valence-corrected chi connectivity index (χ3v) is 11.4. The summed E-state index contributed by atoms with van der Waals surface area (Å²) in [6.45, 7) is 26.9. The van der Waals surface area contributed by atoms with Crippen molar-refractivity contribution in [3.63, 3.8) is 0 Å². The van der Waals surface area contributed by atoms with Gasteiger partial charge < -0.3 is 9.72 Å². The molecule has 22 heavy (non-hydrogen) atoms. The summed E-state index contributed by atoms with van der Waals surface area (Å²) in [7, 11) is -1.64. The maximum atomic E-state index is 6.25. The molecule has 0 aromatic carbocycles. The average molecular weight is 328 g/mol. The van der Waals surface area contributed by atoms with Crippen molar-refractivity contribution in [2.24, 2.45) is 0 Å². The molecule has 0 aromatic heterocycles. The van der Waals surface area contributed by atoms with Crippen molar-refractivity contribution >= 4 is 8.24 Å². The quantitative estimate of drug-likeness (QED) is 0.420. The van der Waals surface area contributed by atoms with Gasteiger partial charge in [-0.2, -0.15) is 0 Å². The summed E-state index contributed by atoms with van der Waals surface area (Å²) in [5, 5.41) is 0. The van der Waals surface area contributed by atoms with Crippen LogP contribution < -0.4 is 4.98 Å². The Morgan fingerprint density at radius 2 is 1.36 bits per heavy atom. The number of nitrogens with one attached hydrogen (secondary N) is 1. The molecule has 0 aliphatic heterocycles. The van der Waals surface area contributed by atoms with Gasteiger partial charge in [0.05, 0.1) is 11.7 Å². The zero-order valence-corrected chi connectivity index (χ0v) is 17.8. The molecule has 0 bridgehead atoms. The highest BCUT2D eigenvalue weighted by molar-refractivity contribution is 6.81. The van der Waals surface area contributed by atoms with Gasteiger partial charge in [-0.05, 0) is 50.7 Å². The molecule has 0 unspecified atom stereocenters. The Morgan fingerprint density at radius 1 is 0.955 bits per heavy atom. The topological polar surface area (TPSA) is 21.3 Å². The Kier molecular flexibility index (Phi) is 8.60. The first-order chi connectivity index (χ1) is 9.88. The second-order valence-corrected chi connectivity index (χ2v) is 14.2. The first kappa shape index (κ1) is 21.9. The van der Waals surface area contributed by atoms with Gasteiger partial charge in [0.1, 0.15) is 8.24 Å². The van der Waals surface area contributed by atoms with Gasteiger partial charge in [-0.25, -0.2) is 0 Å². The van der Waals surface area contributed by atoms with Crippen molar-refractivity contribution in [1.82, 2.24) is 4.98 Å². The van der Waals surface area contributed by atoms with E-state index < -0.39 is 8.24 Å². The maximum absolute atomic E-state index is 6.25. The van der Waals surface area contributed by atoms with Crippen LogP contribution in [0.5, 0.6) is 0 Å². The minimum absolute atomic E-state index is 0.113. The third-order valence-electron chi connectivity index (χ3n) is 4.83. The van der Waals surface area contributed by atoms with Crippen LogP contribution in [0.1, 0.15) is 75.7 Å². The molecule has 0 aliphatic rings. The molecule has 3 heteroatoms. The molecule has 1 N–H and O–H groups in total. The van der Waals surface area contributed by atoms with Crippen LogP contribution in [-0.2, 0) is 4.74 Å². The molecule has 0 heterocycles. The van der Waals surface area contributed by atoms with Gasteiger partial charge in [-0.15, -0.1) is 6.58 Å². The molecule has 0 spiro atoms. The van der Waals surface area contributed by atoms with Gasteiger partial charge in [0.2, 0.25) is 0 Å². The molecule has 0 aromatic rings. The van der Waals surface area contributed by atoms with Gasteiger partial charge in [0.15, 0.2) is 0 Å². The lowest BCUT2D eigenvalue weighted by Gasteiger charge is -2.47. The van der Waals surface area contributed by atoms with E-state index in [1.807, 2.05) is 6.08 Å². The molecular formula is C19H41NOSi. The van der Waals surface area contributed by atoms with Gasteiger partial charge in [-0.3, -0.25) is 0 Å². The Hall–Kier alpha value is -0.123. The van der Waals surface area contributed by atoms with Crippen LogP contribution in [0.3, 0.4) is 0 Å². The van der Waals surface area contributed by atoms with E-state index >= 15 is 0 Å². The molecule has 2 nitrogen and oxygen atoms in total. The van der Waals surface area contributed by atoms with Crippen LogP contribution >= 0.6 is 0 Å². The molecule has 0 saturated carbocycles. The van der Waals surface area contributed by atoms with E-state index in [0.29, 0.717) is 22.7 Å². The second-order valence-electron chi connectivity index (χ2n) is 8.61. The zero-order chi connectivity index (χ0) is 17.7. The van der Waals surface area contributed by atoms with E-state index in [-0.39, 0.29) is 11.7 Å². The van der Waals surface area contributed by atoms with E-state index in [4.69, 9.17) is 4.74 Å². The summed E-state index contributed by atoms with van der Waals surface area (Å²) in [6, 6.07) is 0.343. The summed E-state index contributed by atoms with van der Waals surface area (Å²) in [6.07, 6.45) is 3.17. The summed E-state index contributed by atoms with van der Waals surface area (Å²) in [5.41, 5.74) is 1.98. The third kappa shape index (κ3) is 5.82. The fourth-order valence-corrected chi connectivity index (χ4v) is 10.0. The summed E-state index contributed by atoms with van der Waals surface area (Å²) < 4.78 is 6.25. The van der Waals surface area contributed by atoms with Crippen molar-refractivity contribution in [3.8, 4) is 0 Å². The predicted molar refractivity (Wildman–Crippen MR) is 103 cm³/mol. The highest BCUT2D eigenvalue weighted by Crippen LogP contribution is 2.40. The Labute approximate surface area is 141 Å². The first-order valence-electron chi connectivity index (χ1n) is 8.94. The van der Waals surface area contributed by atoms with Crippen LogP contribution in [0.25, 0.3) is 0 Å². The van der Waals surface area contributed by atoms with E-state index in [2.05, 4.69) is 80.8 Å². The fraction of sp³-hybridized carbons (Fsp3) is 0.895. The second kappa shape index (κ2) is 8.65. The lowest BCUT2D eigenvalue weighted by atomic mass is 10.1. The average Bonchev–Trinajstić information content (AvgIpc) is 2.30.